The third-order valence-electron chi connectivity index (χ3n) is 5.11. The molecule has 1 atom stereocenters. The fourth-order valence-corrected chi connectivity index (χ4v) is 4.97. The third-order valence-corrected chi connectivity index (χ3v) is 6.25. The number of allylic oxidation sites excluding steroid dienone is 1. The number of hydrogen-bond acceptors (Lipinski definition) is 4. The van der Waals surface area contributed by atoms with Crippen molar-refractivity contribution in [2.24, 2.45) is 0 Å². The highest BCUT2D eigenvalue weighted by molar-refractivity contribution is 8.14. The minimum absolute atomic E-state index is 0.550. The zero-order chi connectivity index (χ0) is 21.7. The molecule has 0 spiro atoms. The van der Waals surface area contributed by atoms with Gasteiger partial charge in [0, 0.05) is 29.6 Å². The van der Waals surface area contributed by atoms with E-state index in [1.54, 1.807) is 11.8 Å². The van der Waals surface area contributed by atoms with E-state index in [2.05, 4.69) is 11.4 Å². The van der Waals surface area contributed by atoms with Crippen LogP contribution in [0.15, 0.2) is 96.7 Å². The summed E-state index contributed by atoms with van der Waals surface area (Å²) in [5.74, 6) is 1.41. The molecule has 4 nitrogen and oxygen atoms in total. The standard InChI is InChI=1S/C26H26N2O2S/c1-3-30-24-16-14-22(15-17-24)27-20(2)18-25-28(23-12-8-5-9-13-23)26(29,19-31-25)21-10-6-4-7-11-21/h4-18,29H,3,19H2,1-2H3/p+1. The summed E-state index contributed by atoms with van der Waals surface area (Å²) >= 11 is 1.65. The number of thioether (sulfide) groups is 1. The number of hydrogen-bond donors (Lipinski definition) is 2. The maximum atomic E-state index is 11.8. The Balaban J connectivity index is 1.69. The Hall–Kier alpha value is -3.02. The molecule has 4 rings (SSSR count). The molecule has 0 radical (unpaired) electrons. The molecule has 0 fully saturated rings. The lowest BCUT2D eigenvalue weighted by molar-refractivity contribution is -0.592. The number of anilines is 1. The van der Waals surface area contributed by atoms with Gasteiger partial charge in [0.1, 0.15) is 11.5 Å². The third kappa shape index (κ3) is 4.68. The van der Waals surface area contributed by atoms with Crippen LogP contribution in [-0.2, 0) is 5.72 Å². The lowest BCUT2D eigenvalue weighted by atomic mass is 10.0. The molecule has 1 aliphatic rings. The average Bonchev–Trinajstić information content (AvgIpc) is 3.13. The summed E-state index contributed by atoms with van der Waals surface area (Å²) in [5, 5.41) is 16.2. The molecule has 0 aromatic heterocycles. The summed E-state index contributed by atoms with van der Waals surface area (Å²) in [6.07, 6.45) is 2.09. The smallest absolute Gasteiger partial charge is 0.307 e. The van der Waals surface area contributed by atoms with E-state index in [0.717, 1.165) is 33.4 Å². The SMILES string of the molecule is CCOc1ccc(N/C(C)=C/C2=[N+](c3ccccc3)C(O)(c3ccccc3)CS2)cc1. The fraction of sp³-hybridized carbons (Fsp3) is 0.192. The van der Waals surface area contributed by atoms with Crippen molar-refractivity contribution in [3.05, 3.63) is 102 Å². The lowest BCUT2D eigenvalue weighted by Gasteiger charge is -2.20. The van der Waals surface area contributed by atoms with Crippen LogP contribution in [0, 0.1) is 0 Å². The van der Waals surface area contributed by atoms with E-state index in [9.17, 15) is 5.11 Å². The predicted molar refractivity (Wildman–Crippen MR) is 129 cm³/mol. The second-order valence-electron chi connectivity index (χ2n) is 7.39. The van der Waals surface area contributed by atoms with Gasteiger partial charge in [-0.1, -0.05) is 36.4 Å². The topological polar surface area (TPSA) is 44.5 Å². The first kappa shape index (κ1) is 21.2. The molecule has 158 valence electrons. The molecule has 1 unspecified atom stereocenters. The molecule has 0 saturated heterocycles. The minimum Gasteiger partial charge on any atom is -0.494 e. The van der Waals surface area contributed by atoms with Gasteiger partial charge in [0.2, 0.25) is 10.7 Å². The first-order valence-corrected chi connectivity index (χ1v) is 11.4. The Morgan fingerprint density at radius 3 is 2.32 bits per heavy atom. The number of benzene rings is 3. The molecule has 1 heterocycles. The van der Waals surface area contributed by atoms with E-state index >= 15 is 0 Å². The highest BCUT2D eigenvalue weighted by atomic mass is 32.2. The Bertz CT molecular complexity index is 1080. The van der Waals surface area contributed by atoms with Gasteiger partial charge < -0.3 is 15.2 Å². The number of ether oxygens (including phenoxy) is 1. The van der Waals surface area contributed by atoms with Crippen LogP contribution in [0.5, 0.6) is 5.75 Å². The van der Waals surface area contributed by atoms with Gasteiger partial charge >= 0.3 is 5.72 Å². The van der Waals surface area contributed by atoms with Crippen molar-refractivity contribution in [1.82, 2.24) is 0 Å². The zero-order valence-corrected chi connectivity index (χ0v) is 18.6. The van der Waals surface area contributed by atoms with Gasteiger partial charge in [-0.3, -0.25) is 0 Å². The molecule has 0 aliphatic carbocycles. The summed E-state index contributed by atoms with van der Waals surface area (Å²) in [4.78, 5) is 0. The number of para-hydroxylation sites is 1. The zero-order valence-electron chi connectivity index (χ0n) is 17.8. The Labute approximate surface area is 187 Å². The molecule has 31 heavy (non-hydrogen) atoms. The van der Waals surface area contributed by atoms with E-state index in [-0.39, 0.29) is 0 Å². The molecular formula is C26H27N2O2S+. The molecule has 3 aromatic rings. The monoisotopic (exact) mass is 431 g/mol. The van der Waals surface area contributed by atoms with Gasteiger partial charge in [-0.15, -0.1) is 0 Å². The Morgan fingerprint density at radius 1 is 1.03 bits per heavy atom. The fourth-order valence-electron chi connectivity index (χ4n) is 3.68. The van der Waals surface area contributed by atoms with Gasteiger partial charge in [-0.25, -0.2) is 0 Å². The molecule has 5 heteroatoms. The summed E-state index contributed by atoms with van der Waals surface area (Å²) < 4.78 is 7.54. The number of rotatable bonds is 7. The van der Waals surface area contributed by atoms with Gasteiger partial charge in [-0.2, -0.15) is 4.58 Å². The Kier molecular flexibility index (Phi) is 6.44. The van der Waals surface area contributed by atoms with E-state index in [1.165, 1.54) is 0 Å². The quantitative estimate of drug-likeness (QED) is 0.469. The number of nitrogens with one attached hydrogen (secondary N) is 1. The predicted octanol–water partition coefficient (Wildman–Crippen LogP) is 5.74. The van der Waals surface area contributed by atoms with Crippen molar-refractivity contribution in [3.8, 4) is 5.75 Å². The number of aliphatic hydroxyl groups is 1. The van der Waals surface area contributed by atoms with Crippen molar-refractivity contribution >= 4 is 28.2 Å². The van der Waals surface area contributed by atoms with Crippen molar-refractivity contribution < 1.29 is 14.4 Å². The van der Waals surface area contributed by atoms with E-state index in [1.807, 2.05) is 103 Å². The highest BCUT2D eigenvalue weighted by Gasteiger charge is 2.50. The summed E-state index contributed by atoms with van der Waals surface area (Å²) in [5.41, 5.74) is 2.71. The second kappa shape index (κ2) is 9.41. The van der Waals surface area contributed by atoms with Crippen molar-refractivity contribution in [1.29, 1.82) is 0 Å². The molecule has 0 amide bonds. The first-order valence-electron chi connectivity index (χ1n) is 10.4. The maximum absolute atomic E-state index is 11.8. The maximum Gasteiger partial charge on any atom is 0.307 e. The Morgan fingerprint density at radius 2 is 1.68 bits per heavy atom. The van der Waals surface area contributed by atoms with Crippen molar-refractivity contribution in [3.63, 3.8) is 0 Å². The van der Waals surface area contributed by atoms with E-state index in [4.69, 9.17) is 4.74 Å². The summed E-state index contributed by atoms with van der Waals surface area (Å²) in [6.45, 7) is 4.67. The lowest BCUT2D eigenvalue weighted by Crippen LogP contribution is -2.36. The van der Waals surface area contributed by atoms with Gasteiger partial charge in [-0.05, 0) is 62.0 Å². The van der Waals surface area contributed by atoms with Crippen LogP contribution in [0.2, 0.25) is 0 Å². The van der Waals surface area contributed by atoms with Crippen LogP contribution in [0.1, 0.15) is 19.4 Å². The summed E-state index contributed by atoms with van der Waals surface area (Å²) in [6, 6.07) is 27.8. The first-order chi connectivity index (χ1) is 15.1. The average molecular weight is 432 g/mol. The number of nitrogens with zero attached hydrogens (tertiary/aromatic N) is 1. The molecule has 1 aliphatic heterocycles. The van der Waals surface area contributed by atoms with Gasteiger partial charge in [0.15, 0.2) is 0 Å². The molecular weight excluding hydrogens is 404 g/mol. The van der Waals surface area contributed by atoms with Crippen molar-refractivity contribution in [2.75, 3.05) is 17.7 Å². The minimum atomic E-state index is -1.11. The largest absolute Gasteiger partial charge is 0.494 e. The normalized spacial score (nSPS) is 18.9. The second-order valence-corrected chi connectivity index (χ2v) is 8.39. The van der Waals surface area contributed by atoms with Crippen LogP contribution in [-0.4, -0.2) is 27.1 Å². The van der Waals surface area contributed by atoms with Crippen LogP contribution in [0.25, 0.3) is 0 Å². The van der Waals surface area contributed by atoms with Crippen LogP contribution >= 0.6 is 11.8 Å². The van der Waals surface area contributed by atoms with Gasteiger partial charge in [0.25, 0.3) is 0 Å². The molecule has 0 saturated carbocycles. The highest BCUT2D eigenvalue weighted by Crippen LogP contribution is 2.39. The van der Waals surface area contributed by atoms with Crippen LogP contribution in [0.3, 0.4) is 0 Å². The molecule has 3 aromatic carbocycles. The van der Waals surface area contributed by atoms with E-state index < -0.39 is 5.72 Å². The molecule has 2 N–H and O–H groups in total. The summed E-state index contributed by atoms with van der Waals surface area (Å²) in [7, 11) is 0. The van der Waals surface area contributed by atoms with Crippen LogP contribution < -0.4 is 10.1 Å². The molecule has 0 bridgehead atoms. The van der Waals surface area contributed by atoms with E-state index in [0.29, 0.717) is 12.4 Å². The van der Waals surface area contributed by atoms with Gasteiger partial charge in [0.05, 0.1) is 12.2 Å². The van der Waals surface area contributed by atoms with Crippen LogP contribution in [0.4, 0.5) is 11.4 Å². The van der Waals surface area contributed by atoms with Crippen molar-refractivity contribution in [2.45, 2.75) is 19.6 Å².